The third-order valence-electron chi connectivity index (χ3n) is 8.53. The minimum Gasteiger partial charge on any atom is -0.366 e. The number of benzene rings is 2. The number of hydrogen-bond acceptors (Lipinski definition) is 6. The highest BCUT2D eigenvalue weighted by Gasteiger charge is 2.63. The summed E-state index contributed by atoms with van der Waals surface area (Å²) in [5.74, 6) is -11.0. The van der Waals surface area contributed by atoms with E-state index in [1.165, 1.54) is 12.3 Å². The molecule has 0 unspecified atom stereocenters. The number of carbonyl (C=O) groups excluding carboxylic acids is 2. The molecule has 1 saturated carbocycles. The molecular weight excluding hydrogens is 672 g/mol. The molecule has 3 N–H and O–H groups in total. The number of amides is 2. The largest absolute Gasteiger partial charge is 0.435 e. The third kappa shape index (κ3) is 5.99. The number of nitrogens with zero attached hydrogens (tertiary/aromatic N) is 4. The van der Waals surface area contributed by atoms with E-state index in [0.29, 0.717) is 10.7 Å². The molecule has 0 bridgehead atoms. The van der Waals surface area contributed by atoms with E-state index < -0.39 is 88.3 Å². The molecule has 2 aromatic heterocycles. The second-order valence-corrected chi connectivity index (χ2v) is 12.3. The summed E-state index contributed by atoms with van der Waals surface area (Å²) in [6.45, 7) is -1.06. The van der Waals surface area contributed by atoms with Crippen LogP contribution < -0.4 is 11.1 Å². The Morgan fingerprint density at radius 3 is 2.42 bits per heavy atom. The van der Waals surface area contributed by atoms with Gasteiger partial charge in [0.2, 0.25) is 5.91 Å². The Bertz CT molecular complexity index is 1930. The molecule has 2 amide bonds. The van der Waals surface area contributed by atoms with E-state index in [-0.39, 0.29) is 46.8 Å². The lowest BCUT2D eigenvalue weighted by Gasteiger charge is -2.34. The van der Waals surface area contributed by atoms with Gasteiger partial charge in [-0.25, -0.2) is 23.1 Å². The molecule has 0 saturated heterocycles. The van der Waals surface area contributed by atoms with Crippen LogP contribution in [-0.4, -0.2) is 37.8 Å². The van der Waals surface area contributed by atoms with Crippen molar-refractivity contribution in [2.45, 2.75) is 55.0 Å². The Balaban J connectivity index is 1.43. The minimum atomic E-state index is -5.06. The predicted molar refractivity (Wildman–Crippen MR) is 155 cm³/mol. The molecule has 17 heteroatoms. The number of fused-ring (bicyclic) bond motifs is 3. The summed E-state index contributed by atoms with van der Waals surface area (Å²) in [5.41, 5.74) is 2.06. The molecular formula is C31H24F8N6O2S. The van der Waals surface area contributed by atoms with Crippen molar-refractivity contribution in [1.82, 2.24) is 25.1 Å². The highest BCUT2D eigenvalue weighted by Crippen LogP contribution is 2.64. The fourth-order valence-electron chi connectivity index (χ4n) is 6.36. The van der Waals surface area contributed by atoms with E-state index in [2.05, 4.69) is 20.4 Å². The van der Waals surface area contributed by atoms with Crippen LogP contribution in [0.4, 0.5) is 35.1 Å². The molecule has 2 aliphatic rings. The van der Waals surface area contributed by atoms with E-state index >= 15 is 8.78 Å². The van der Waals surface area contributed by atoms with Crippen molar-refractivity contribution >= 4 is 23.6 Å². The van der Waals surface area contributed by atoms with Gasteiger partial charge in [0.05, 0.1) is 17.3 Å². The number of aromatic nitrogens is 4. The first-order valence-electron chi connectivity index (χ1n) is 14.4. The van der Waals surface area contributed by atoms with Crippen LogP contribution in [0.3, 0.4) is 0 Å². The molecule has 0 radical (unpaired) electrons. The number of nitrogens with two attached hydrogens (primary N) is 1. The maximum absolute atomic E-state index is 15.4. The van der Waals surface area contributed by atoms with Gasteiger partial charge in [-0.05, 0) is 66.8 Å². The smallest absolute Gasteiger partial charge is 0.366 e. The van der Waals surface area contributed by atoms with E-state index in [4.69, 9.17) is 5.73 Å². The summed E-state index contributed by atoms with van der Waals surface area (Å²) < 4.78 is 116. The van der Waals surface area contributed by atoms with Gasteiger partial charge in [0.25, 0.3) is 11.8 Å². The highest BCUT2D eigenvalue weighted by atomic mass is 32.2. The topological polar surface area (TPSA) is 116 Å². The fraction of sp³-hybridized carbons (Fsp3) is 0.323. The zero-order valence-corrected chi connectivity index (χ0v) is 25.5. The summed E-state index contributed by atoms with van der Waals surface area (Å²) >= 11 is 1.08. The van der Waals surface area contributed by atoms with Crippen molar-refractivity contribution in [3.05, 3.63) is 93.8 Å². The van der Waals surface area contributed by atoms with Gasteiger partial charge in [0, 0.05) is 29.3 Å². The lowest BCUT2D eigenvalue weighted by atomic mass is 9.73. The zero-order chi connectivity index (χ0) is 34.7. The summed E-state index contributed by atoms with van der Waals surface area (Å²) in [6.07, 6.45) is -2.36. The fourth-order valence-corrected chi connectivity index (χ4v) is 6.71. The number of alkyl halides is 5. The van der Waals surface area contributed by atoms with Gasteiger partial charge in [0.15, 0.2) is 10.9 Å². The number of hydrogen-bond donors (Lipinski definition) is 2. The van der Waals surface area contributed by atoms with E-state index in [1.54, 1.807) is 6.26 Å². The molecule has 1 fully saturated rings. The molecule has 2 aromatic carbocycles. The molecule has 8 nitrogen and oxygen atoms in total. The lowest BCUT2D eigenvalue weighted by molar-refractivity contribution is -0.144. The second-order valence-electron chi connectivity index (χ2n) is 11.5. The molecule has 2 aliphatic carbocycles. The van der Waals surface area contributed by atoms with Crippen molar-refractivity contribution in [2.75, 3.05) is 6.26 Å². The van der Waals surface area contributed by atoms with Crippen LogP contribution in [0.5, 0.6) is 0 Å². The van der Waals surface area contributed by atoms with Crippen molar-refractivity contribution in [3.63, 3.8) is 0 Å². The van der Waals surface area contributed by atoms with Crippen molar-refractivity contribution in [1.29, 1.82) is 0 Å². The van der Waals surface area contributed by atoms with Crippen LogP contribution in [0.1, 0.15) is 63.4 Å². The molecule has 3 atom stereocenters. The maximum atomic E-state index is 15.4. The number of nitrogens with one attached hydrogen (secondary N) is 1. The van der Waals surface area contributed by atoms with Gasteiger partial charge in [0.1, 0.15) is 29.7 Å². The first-order valence-corrected chi connectivity index (χ1v) is 15.6. The molecule has 6 rings (SSSR count). The number of carbonyl (C=O) groups is 2. The zero-order valence-electron chi connectivity index (χ0n) is 24.7. The van der Waals surface area contributed by atoms with Crippen molar-refractivity contribution < 1.29 is 44.7 Å². The van der Waals surface area contributed by atoms with Gasteiger partial charge in [-0.1, -0.05) is 17.8 Å². The van der Waals surface area contributed by atoms with Crippen molar-refractivity contribution in [3.8, 4) is 11.1 Å². The Morgan fingerprint density at radius 1 is 1.10 bits per heavy atom. The lowest BCUT2D eigenvalue weighted by Crippen LogP contribution is -2.36. The first kappa shape index (κ1) is 33.4. The Kier molecular flexibility index (Phi) is 8.46. The SMILES string of the molecule is CSc1ncc(-c2ccc(F)c(C(N)=O)c2)c([C@H](Cc2cc(F)cc(F)c2)NC(=O)Cn2nc(C(F)(F)F)c3c2C(F)(F)[C@@H]2CC[C@H]32)n1. The van der Waals surface area contributed by atoms with Crippen LogP contribution >= 0.6 is 11.8 Å². The molecule has 0 aliphatic heterocycles. The Labute approximate surface area is 271 Å². The van der Waals surface area contributed by atoms with E-state index in [9.17, 15) is 35.9 Å². The van der Waals surface area contributed by atoms with Crippen LogP contribution in [0.2, 0.25) is 0 Å². The number of halogens is 8. The summed E-state index contributed by atoms with van der Waals surface area (Å²) in [7, 11) is 0. The number of thioether (sulfide) groups is 1. The van der Waals surface area contributed by atoms with Gasteiger partial charge in [-0.15, -0.1) is 0 Å². The Morgan fingerprint density at radius 2 is 1.81 bits per heavy atom. The molecule has 4 aromatic rings. The van der Waals surface area contributed by atoms with Gasteiger partial charge < -0.3 is 11.1 Å². The predicted octanol–water partition coefficient (Wildman–Crippen LogP) is 6.30. The summed E-state index contributed by atoms with van der Waals surface area (Å²) in [4.78, 5) is 34.1. The first-order chi connectivity index (χ1) is 22.6. The van der Waals surface area contributed by atoms with Crippen LogP contribution in [0.25, 0.3) is 11.1 Å². The average molecular weight is 697 g/mol. The minimum absolute atomic E-state index is 0.000512. The molecule has 2 heterocycles. The summed E-state index contributed by atoms with van der Waals surface area (Å²) in [5, 5.41) is 6.12. The average Bonchev–Trinajstić information content (AvgIpc) is 3.41. The van der Waals surface area contributed by atoms with Crippen molar-refractivity contribution in [2.24, 2.45) is 11.7 Å². The number of primary amides is 1. The monoisotopic (exact) mass is 696 g/mol. The highest BCUT2D eigenvalue weighted by molar-refractivity contribution is 7.98. The Hall–Kier alpha value is -4.54. The number of rotatable bonds is 9. The normalized spacial score (nSPS) is 18.5. The van der Waals surface area contributed by atoms with Crippen LogP contribution in [-0.2, 0) is 29.9 Å². The molecule has 252 valence electrons. The summed E-state index contributed by atoms with van der Waals surface area (Å²) in [6, 6.07) is 4.61. The van der Waals surface area contributed by atoms with Crippen LogP contribution in [0, 0.1) is 23.4 Å². The van der Waals surface area contributed by atoms with E-state index in [1.807, 2.05) is 0 Å². The standard InChI is InChI=1S/C31H24F8N6O2S/c1-48-29-41-11-19(14-2-5-21(34)18(9-14)28(40)47)25(43-29)22(8-13-6-15(32)10-16(33)7-13)42-23(46)12-45-27-24(26(44-45)31(37,38)39)17-3-4-20(17)30(27,35)36/h2,5-7,9-11,17,20,22H,3-4,8,12H2,1H3,(H2,40,47)(H,42,46)/t17-,20+,22-/m0/s1. The van der Waals surface area contributed by atoms with Gasteiger partial charge in [-0.2, -0.15) is 27.1 Å². The van der Waals surface area contributed by atoms with E-state index in [0.717, 1.165) is 36.0 Å². The quantitative estimate of drug-likeness (QED) is 0.121. The van der Waals surface area contributed by atoms with Gasteiger partial charge in [-0.3, -0.25) is 14.3 Å². The van der Waals surface area contributed by atoms with Crippen LogP contribution in [0.15, 0.2) is 47.8 Å². The molecule has 48 heavy (non-hydrogen) atoms. The van der Waals surface area contributed by atoms with Gasteiger partial charge >= 0.3 is 6.18 Å². The molecule has 0 spiro atoms. The second kappa shape index (κ2) is 12.2. The third-order valence-corrected chi connectivity index (χ3v) is 9.09. The maximum Gasteiger partial charge on any atom is 0.435 e.